The molecular weight excluding hydrogens is 222 g/mol. The van der Waals surface area contributed by atoms with E-state index in [1.54, 1.807) is 0 Å². The molecule has 1 aromatic heterocycles. The van der Waals surface area contributed by atoms with Gasteiger partial charge in [-0.05, 0) is 37.9 Å². The molecule has 1 N–H and O–H groups in total. The SMILES string of the molecule is CCCc1nc2ccccc2n1C[C@H]1CCCN1. The van der Waals surface area contributed by atoms with Crippen molar-refractivity contribution in [2.24, 2.45) is 0 Å². The fourth-order valence-electron chi connectivity index (χ4n) is 2.88. The molecule has 2 heterocycles. The maximum absolute atomic E-state index is 4.78. The van der Waals surface area contributed by atoms with Crippen molar-refractivity contribution < 1.29 is 0 Å². The lowest BCUT2D eigenvalue weighted by Gasteiger charge is -2.14. The molecule has 0 spiro atoms. The number of aromatic nitrogens is 2. The third-order valence-electron chi connectivity index (χ3n) is 3.77. The summed E-state index contributed by atoms with van der Waals surface area (Å²) in [4.78, 5) is 4.78. The van der Waals surface area contributed by atoms with Gasteiger partial charge in [0.05, 0.1) is 11.0 Å². The van der Waals surface area contributed by atoms with E-state index in [2.05, 4.69) is 41.1 Å². The van der Waals surface area contributed by atoms with Gasteiger partial charge in [-0.3, -0.25) is 0 Å². The first-order chi connectivity index (χ1) is 8.88. The highest BCUT2D eigenvalue weighted by Gasteiger charge is 2.17. The number of imidazole rings is 1. The average molecular weight is 243 g/mol. The Balaban J connectivity index is 1.97. The van der Waals surface area contributed by atoms with E-state index >= 15 is 0 Å². The van der Waals surface area contributed by atoms with E-state index in [0.717, 1.165) is 24.9 Å². The number of hydrogen-bond acceptors (Lipinski definition) is 2. The molecule has 1 atom stereocenters. The lowest BCUT2D eigenvalue weighted by molar-refractivity contribution is 0.503. The monoisotopic (exact) mass is 243 g/mol. The summed E-state index contributed by atoms with van der Waals surface area (Å²) in [6.07, 6.45) is 4.82. The first-order valence-corrected chi connectivity index (χ1v) is 7.06. The van der Waals surface area contributed by atoms with Crippen molar-refractivity contribution in [3.05, 3.63) is 30.1 Å². The van der Waals surface area contributed by atoms with Gasteiger partial charge in [0.1, 0.15) is 5.82 Å². The summed E-state index contributed by atoms with van der Waals surface area (Å²) in [5, 5.41) is 3.58. The summed E-state index contributed by atoms with van der Waals surface area (Å²) < 4.78 is 2.42. The van der Waals surface area contributed by atoms with Crippen LogP contribution in [0.5, 0.6) is 0 Å². The summed E-state index contributed by atoms with van der Waals surface area (Å²) in [6.45, 7) is 4.45. The second-order valence-electron chi connectivity index (χ2n) is 5.17. The van der Waals surface area contributed by atoms with Crippen molar-refractivity contribution in [1.29, 1.82) is 0 Å². The van der Waals surface area contributed by atoms with Crippen LogP contribution in [0.1, 0.15) is 32.0 Å². The molecule has 3 heteroatoms. The quantitative estimate of drug-likeness (QED) is 0.895. The maximum atomic E-state index is 4.78. The number of fused-ring (bicyclic) bond motifs is 1. The molecule has 1 fully saturated rings. The Labute approximate surface area is 108 Å². The van der Waals surface area contributed by atoms with Crippen LogP contribution in [0.4, 0.5) is 0 Å². The molecule has 0 radical (unpaired) electrons. The molecular formula is C15H21N3. The largest absolute Gasteiger partial charge is 0.326 e. The Hall–Kier alpha value is -1.35. The Morgan fingerprint density at radius 1 is 1.39 bits per heavy atom. The molecule has 18 heavy (non-hydrogen) atoms. The average Bonchev–Trinajstić information content (AvgIpc) is 3.00. The van der Waals surface area contributed by atoms with Crippen LogP contribution in [0, 0.1) is 0 Å². The smallest absolute Gasteiger partial charge is 0.109 e. The summed E-state index contributed by atoms with van der Waals surface area (Å²) in [6, 6.07) is 9.11. The number of para-hydroxylation sites is 2. The van der Waals surface area contributed by atoms with Gasteiger partial charge in [-0.15, -0.1) is 0 Å². The van der Waals surface area contributed by atoms with E-state index in [-0.39, 0.29) is 0 Å². The van der Waals surface area contributed by atoms with Crippen molar-refractivity contribution in [1.82, 2.24) is 14.9 Å². The van der Waals surface area contributed by atoms with Crippen molar-refractivity contribution in [2.45, 2.75) is 45.2 Å². The number of hydrogen-bond donors (Lipinski definition) is 1. The standard InChI is InChI=1S/C15H21N3/c1-2-6-15-17-13-8-3-4-9-14(13)18(15)11-12-7-5-10-16-12/h3-4,8-9,12,16H,2,5-7,10-11H2,1H3/t12-/m1/s1. The van der Waals surface area contributed by atoms with Crippen LogP contribution < -0.4 is 5.32 Å². The maximum Gasteiger partial charge on any atom is 0.109 e. The van der Waals surface area contributed by atoms with Crippen LogP contribution >= 0.6 is 0 Å². The van der Waals surface area contributed by atoms with Crippen LogP contribution in [0.2, 0.25) is 0 Å². The highest BCUT2D eigenvalue weighted by atomic mass is 15.1. The first-order valence-electron chi connectivity index (χ1n) is 7.06. The molecule has 0 unspecified atom stereocenters. The predicted molar refractivity (Wildman–Crippen MR) is 74.8 cm³/mol. The molecule has 1 aliphatic heterocycles. The predicted octanol–water partition coefficient (Wildman–Crippen LogP) is 2.74. The number of benzene rings is 1. The van der Waals surface area contributed by atoms with Gasteiger partial charge in [-0.2, -0.15) is 0 Å². The summed E-state index contributed by atoms with van der Waals surface area (Å²) in [7, 11) is 0. The number of nitrogens with zero attached hydrogens (tertiary/aromatic N) is 2. The number of aryl methyl sites for hydroxylation is 1. The number of rotatable bonds is 4. The summed E-state index contributed by atoms with van der Waals surface area (Å²) in [5.74, 6) is 1.24. The molecule has 3 nitrogen and oxygen atoms in total. The normalized spacial score (nSPS) is 19.7. The van der Waals surface area contributed by atoms with Crippen molar-refractivity contribution in [2.75, 3.05) is 6.54 Å². The summed E-state index contributed by atoms with van der Waals surface area (Å²) in [5.41, 5.74) is 2.42. The van der Waals surface area contributed by atoms with E-state index in [0.29, 0.717) is 6.04 Å². The molecule has 0 bridgehead atoms. The van der Waals surface area contributed by atoms with Crippen LogP contribution in [0.15, 0.2) is 24.3 Å². The van der Waals surface area contributed by atoms with E-state index in [1.807, 2.05) is 0 Å². The van der Waals surface area contributed by atoms with Gasteiger partial charge in [0.25, 0.3) is 0 Å². The molecule has 0 saturated carbocycles. The molecule has 0 aliphatic carbocycles. The highest BCUT2D eigenvalue weighted by Crippen LogP contribution is 2.19. The van der Waals surface area contributed by atoms with E-state index in [1.165, 1.54) is 30.7 Å². The fourth-order valence-corrected chi connectivity index (χ4v) is 2.88. The van der Waals surface area contributed by atoms with Gasteiger partial charge < -0.3 is 9.88 Å². The molecule has 1 aliphatic rings. The Morgan fingerprint density at radius 2 is 2.28 bits per heavy atom. The summed E-state index contributed by atoms with van der Waals surface area (Å²) >= 11 is 0. The fraction of sp³-hybridized carbons (Fsp3) is 0.533. The Kier molecular flexibility index (Phi) is 3.33. The molecule has 3 rings (SSSR count). The highest BCUT2D eigenvalue weighted by molar-refractivity contribution is 5.75. The molecule has 0 amide bonds. The van der Waals surface area contributed by atoms with Crippen molar-refractivity contribution in [3.8, 4) is 0 Å². The van der Waals surface area contributed by atoms with Crippen LogP contribution in [-0.2, 0) is 13.0 Å². The van der Waals surface area contributed by atoms with Crippen LogP contribution in [-0.4, -0.2) is 22.1 Å². The minimum absolute atomic E-state index is 0.623. The zero-order valence-corrected chi connectivity index (χ0v) is 11.0. The second kappa shape index (κ2) is 5.11. The topological polar surface area (TPSA) is 29.9 Å². The van der Waals surface area contributed by atoms with Gasteiger partial charge in [0, 0.05) is 19.0 Å². The zero-order valence-electron chi connectivity index (χ0n) is 11.0. The molecule has 96 valence electrons. The second-order valence-corrected chi connectivity index (χ2v) is 5.17. The van der Waals surface area contributed by atoms with Crippen LogP contribution in [0.3, 0.4) is 0 Å². The Morgan fingerprint density at radius 3 is 3.06 bits per heavy atom. The first kappa shape index (κ1) is 11.7. The molecule has 1 aromatic carbocycles. The lowest BCUT2D eigenvalue weighted by Crippen LogP contribution is -2.27. The molecule has 1 saturated heterocycles. The van der Waals surface area contributed by atoms with E-state index in [4.69, 9.17) is 4.98 Å². The minimum atomic E-state index is 0.623. The minimum Gasteiger partial charge on any atom is -0.326 e. The zero-order chi connectivity index (χ0) is 12.4. The van der Waals surface area contributed by atoms with Crippen molar-refractivity contribution >= 4 is 11.0 Å². The number of nitrogens with one attached hydrogen (secondary N) is 1. The van der Waals surface area contributed by atoms with Gasteiger partial charge >= 0.3 is 0 Å². The molecule has 2 aromatic rings. The third kappa shape index (κ3) is 2.15. The van der Waals surface area contributed by atoms with Crippen LogP contribution in [0.25, 0.3) is 11.0 Å². The lowest BCUT2D eigenvalue weighted by atomic mass is 10.2. The third-order valence-corrected chi connectivity index (χ3v) is 3.77. The van der Waals surface area contributed by atoms with E-state index in [9.17, 15) is 0 Å². The van der Waals surface area contributed by atoms with Gasteiger partial charge in [-0.25, -0.2) is 4.98 Å². The van der Waals surface area contributed by atoms with E-state index < -0.39 is 0 Å². The van der Waals surface area contributed by atoms with Gasteiger partial charge in [-0.1, -0.05) is 19.1 Å². The van der Waals surface area contributed by atoms with Crippen molar-refractivity contribution in [3.63, 3.8) is 0 Å². The van der Waals surface area contributed by atoms with Gasteiger partial charge in [0.15, 0.2) is 0 Å². The Bertz CT molecular complexity index is 524. The van der Waals surface area contributed by atoms with Gasteiger partial charge in [0.2, 0.25) is 0 Å².